The normalized spacial score (nSPS) is 19.9. The Morgan fingerprint density at radius 2 is 2.19 bits per heavy atom. The average Bonchev–Trinajstić information content (AvgIpc) is 3.17. The summed E-state index contributed by atoms with van der Waals surface area (Å²) in [5.74, 6) is -0.509. The molecular weight excluding hydrogens is 358 g/mol. The molecule has 1 aliphatic heterocycles. The van der Waals surface area contributed by atoms with Crippen LogP contribution in [-0.2, 0) is 4.74 Å². The molecule has 2 aromatic rings. The van der Waals surface area contributed by atoms with Crippen LogP contribution in [0.1, 0.15) is 33.1 Å². The number of piperidine rings is 1. The van der Waals surface area contributed by atoms with Crippen molar-refractivity contribution in [1.82, 2.24) is 20.3 Å². The minimum Gasteiger partial charge on any atom is -0.464 e. The highest BCUT2D eigenvalue weighted by atomic mass is 32.1. The zero-order valence-electron chi connectivity index (χ0n) is 14.4. The van der Waals surface area contributed by atoms with Gasteiger partial charge in [-0.25, -0.2) is 19.7 Å². The van der Waals surface area contributed by atoms with E-state index in [9.17, 15) is 14.7 Å². The lowest BCUT2D eigenvalue weighted by Crippen LogP contribution is -2.55. The summed E-state index contributed by atoms with van der Waals surface area (Å²) in [6.45, 7) is 2.59. The summed E-state index contributed by atoms with van der Waals surface area (Å²) in [7, 11) is 1.29. The van der Waals surface area contributed by atoms with E-state index in [-0.39, 0.29) is 11.6 Å². The molecule has 0 bridgehead atoms. The number of rotatable bonds is 4. The van der Waals surface area contributed by atoms with Crippen LogP contribution in [0.2, 0.25) is 0 Å². The second-order valence-electron chi connectivity index (χ2n) is 5.94. The number of esters is 1. The summed E-state index contributed by atoms with van der Waals surface area (Å²) in [6, 6.07) is 1.05. The molecule has 0 saturated carbocycles. The molecule has 0 spiro atoms. The second-order valence-corrected chi connectivity index (χ2v) is 6.66. The summed E-state index contributed by atoms with van der Waals surface area (Å²) in [6.07, 6.45) is -0.244. The van der Waals surface area contributed by atoms with E-state index < -0.39 is 18.1 Å². The summed E-state index contributed by atoms with van der Waals surface area (Å²) in [5.41, 5.74) is 2.70. The SMILES string of the molecule is COC(=O)c1cc(C)nc(N2CC[C@H](O)[C@H](NC(=O)c3cscn3)C2)n1. The maximum absolute atomic E-state index is 12.2. The van der Waals surface area contributed by atoms with Gasteiger partial charge >= 0.3 is 5.97 Å². The Morgan fingerprint density at radius 3 is 2.88 bits per heavy atom. The molecule has 1 fully saturated rings. The molecule has 2 atom stereocenters. The van der Waals surface area contributed by atoms with Gasteiger partial charge in [-0.1, -0.05) is 0 Å². The van der Waals surface area contributed by atoms with Gasteiger partial charge in [-0.05, 0) is 19.4 Å². The maximum atomic E-state index is 12.2. The first-order valence-electron chi connectivity index (χ1n) is 8.04. The number of hydrogen-bond donors (Lipinski definition) is 2. The molecule has 26 heavy (non-hydrogen) atoms. The van der Waals surface area contributed by atoms with Gasteiger partial charge in [0, 0.05) is 24.2 Å². The summed E-state index contributed by atoms with van der Waals surface area (Å²) in [4.78, 5) is 38.4. The van der Waals surface area contributed by atoms with Crippen LogP contribution in [0.3, 0.4) is 0 Å². The number of aryl methyl sites for hydroxylation is 1. The number of anilines is 1. The quantitative estimate of drug-likeness (QED) is 0.735. The predicted molar refractivity (Wildman–Crippen MR) is 94.3 cm³/mol. The highest BCUT2D eigenvalue weighted by Crippen LogP contribution is 2.18. The van der Waals surface area contributed by atoms with Crippen LogP contribution < -0.4 is 10.2 Å². The lowest BCUT2D eigenvalue weighted by atomic mass is 10.0. The first-order chi connectivity index (χ1) is 12.5. The van der Waals surface area contributed by atoms with E-state index in [0.29, 0.717) is 36.8 Å². The molecule has 3 rings (SSSR count). The van der Waals surface area contributed by atoms with Crippen molar-refractivity contribution in [3.05, 3.63) is 34.0 Å². The van der Waals surface area contributed by atoms with Crippen molar-refractivity contribution in [2.24, 2.45) is 0 Å². The number of aromatic nitrogens is 3. The number of carbonyl (C=O) groups is 2. The number of nitrogens with one attached hydrogen (secondary N) is 1. The first kappa shape index (κ1) is 18.2. The Labute approximate surface area is 154 Å². The molecule has 2 N–H and O–H groups in total. The Morgan fingerprint density at radius 1 is 1.38 bits per heavy atom. The number of hydrogen-bond acceptors (Lipinski definition) is 9. The number of carbonyl (C=O) groups excluding carboxylic acids is 2. The molecule has 1 amide bonds. The third-order valence-electron chi connectivity index (χ3n) is 4.08. The number of aliphatic hydroxyl groups is 1. The Bertz CT molecular complexity index is 798. The molecule has 10 heteroatoms. The minimum atomic E-state index is -0.682. The minimum absolute atomic E-state index is 0.171. The number of amides is 1. The van der Waals surface area contributed by atoms with Gasteiger partial charge in [0.2, 0.25) is 5.95 Å². The van der Waals surface area contributed by atoms with Crippen molar-refractivity contribution in [3.63, 3.8) is 0 Å². The van der Waals surface area contributed by atoms with Crippen LogP contribution in [0.15, 0.2) is 17.0 Å². The van der Waals surface area contributed by atoms with Crippen LogP contribution in [0.25, 0.3) is 0 Å². The summed E-state index contributed by atoms with van der Waals surface area (Å²) >= 11 is 1.33. The highest BCUT2D eigenvalue weighted by molar-refractivity contribution is 7.07. The molecule has 9 nitrogen and oxygen atoms in total. The van der Waals surface area contributed by atoms with E-state index in [4.69, 9.17) is 4.74 Å². The molecule has 0 aromatic carbocycles. The summed E-state index contributed by atoms with van der Waals surface area (Å²) < 4.78 is 4.72. The zero-order chi connectivity index (χ0) is 18.7. The van der Waals surface area contributed by atoms with Crippen LogP contribution in [-0.4, -0.2) is 64.3 Å². The van der Waals surface area contributed by atoms with E-state index in [0.717, 1.165) is 0 Å². The number of methoxy groups -OCH3 is 1. The monoisotopic (exact) mass is 377 g/mol. The van der Waals surface area contributed by atoms with Gasteiger partial charge in [-0.3, -0.25) is 4.79 Å². The Hall–Kier alpha value is -2.59. The molecule has 0 aliphatic carbocycles. The molecular formula is C16H19N5O4S. The van der Waals surface area contributed by atoms with Crippen LogP contribution in [0.5, 0.6) is 0 Å². The Kier molecular flexibility index (Phi) is 5.43. The van der Waals surface area contributed by atoms with Crippen molar-refractivity contribution < 1.29 is 19.4 Å². The number of thiazole rings is 1. The van der Waals surface area contributed by atoms with Crippen LogP contribution >= 0.6 is 11.3 Å². The van der Waals surface area contributed by atoms with E-state index in [1.165, 1.54) is 18.4 Å². The molecule has 138 valence electrons. The number of aliphatic hydroxyl groups excluding tert-OH is 1. The van der Waals surface area contributed by atoms with Gasteiger partial charge in [0.25, 0.3) is 5.91 Å². The van der Waals surface area contributed by atoms with Crippen molar-refractivity contribution in [1.29, 1.82) is 0 Å². The van der Waals surface area contributed by atoms with Gasteiger partial charge in [0.05, 0.1) is 24.8 Å². The summed E-state index contributed by atoms with van der Waals surface area (Å²) in [5, 5.41) is 14.7. The molecule has 3 heterocycles. The van der Waals surface area contributed by atoms with Gasteiger partial charge < -0.3 is 20.1 Å². The third kappa shape index (κ3) is 3.97. The molecule has 0 radical (unpaired) electrons. The highest BCUT2D eigenvalue weighted by Gasteiger charge is 2.31. The van der Waals surface area contributed by atoms with Crippen molar-refractivity contribution in [2.75, 3.05) is 25.1 Å². The predicted octanol–water partition coefficient (Wildman–Crippen LogP) is 0.398. The second kappa shape index (κ2) is 7.75. The van der Waals surface area contributed by atoms with Gasteiger partial charge in [0.1, 0.15) is 5.69 Å². The molecule has 1 saturated heterocycles. The average molecular weight is 377 g/mol. The van der Waals surface area contributed by atoms with Crippen LogP contribution in [0.4, 0.5) is 5.95 Å². The number of nitrogens with zero attached hydrogens (tertiary/aromatic N) is 4. The van der Waals surface area contributed by atoms with Crippen LogP contribution in [0, 0.1) is 6.92 Å². The van der Waals surface area contributed by atoms with E-state index in [1.54, 1.807) is 23.9 Å². The van der Waals surface area contributed by atoms with E-state index in [2.05, 4.69) is 20.3 Å². The fourth-order valence-corrected chi connectivity index (χ4v) is 3.27. The lowest BCUT2D eigenvalue weighted by molar-refractivity contribution is 0.0593. The largest absolute Gasteiger partial charge is 0.464 e. The molecule has 0 unspecified atom stereocenters. The maximum Gasteiger partial charge on any atom is 0.356 e. The molecule has 2 aromatic heterocycles. The zero-order valence-corrected chi connectivity index (χ0v) is 15.2. The van der Waals surface area contributed by atoms with Gasteiger partial charge in [-0.15, -0.1) is 11.3 Å². The van der Waals surface area contributed by atoms with E-state index in [1.807, 2.05) is 4.90 Å². The fraction of sp³-hybridized carbons (Fsp3) is 0.438. The third-order valence-corrected chi connectivity index (χ3v) is 4.66. The fourth-order valence-electron chi connectivity index (χ4n) is 2.73. The Balaban J connectivity index is 1.76. The van der Waals surface area contributed by atoms with Crippen molar-refractivity contribution in [2.45, 2.75) is 25.5 Å². The van der Waals surface area contributed by atoms with Gasteiger partial charge in [-0.2, -0.15) is 0 Å². The van der Waals surface area contributed by atoms with Crippen molar-refractivity contribution >= 4 is 29.2 Å². The first-order valence-corrected chi connectivity index (χ1v) is 8.98. The number of ether oxygens (including phenoxy) is 1. The van der Waals surface area contributed by atoms with E-state index >= 15 is 0 Å². The topological polar surface area (TPSA) is 118 Å². The lowest BCUT2D eigenvalue weighted by Gasteiger charge is -2.36. The van der Waals surface area contributed by atoms with Gasteiger partial charge in [0.15, 0.2) is 5.69 Å². The molecule has 1 aliphatic rings. The smallest absolute Gasteiger partial charge is 0.356 e. The van der Waals surface area contributed by atoms with Crippen molar-refractivity contribution in [3.8, 4) is 0 Å². The standard InChI is InChI=1S/C16H19N5O4S/c1-9-5-10(15(24)25-2)20-16(18-9)21-4-3-13(22)11(6-21)19-14(23)12-7-26-8-17-12/h5,7-8,11,13,22H,3-4,6H2,1-2H3,(H,19,23)/t11-,13+/m1/s1.